The molecule has 0 bridgehead atoms. The summed E-state index contributed by atoms with van der Waals surface area (Å²) >= 11 is 0. The van der Waals surface area contributed by atoms with Crippen molar-refractivity contribution >= 4 is 11.7 Å². The van der Waals surface area contributed by atoms with Gasteiger partial charge in [0.05, 0.1) is 7.11 Å². The first-order chi connectivity index (χ1) is 19.4. The molecule has 8 heteroatoms. The Morgan fingerprint density at radius 1 is 1.07 bits per heavy atom. The summed E-state index contributed by atoms with van der Waals surface area (Å²) in [5.41, 5.74) is 4.71. The van der Waals surface area contributed by atoms with E-state index >= 15 is 0 Å². The molecule has 41 heavy (non-hydrogen) atoms. The van der Waals surface area contributed by atoms with E-state index in [1.165, 1.54) is 16.8 Å². The Morgan fingerprint density at radius 2 is 1.61 bits per heavy atom. The van der Waals surface area contributed by atoms with E-state index in [9.17, 15) is 18.0 Å². The molecule has 0 saturated heterocycles. The fourth-order valence-corrected chi connectivity index (χ4v) is 3.19. The van der Waals surface area contributed by atoms with Gasteiger partial charge in [-0.05, 0) is 50.3 Å². The fourth-order valence-electron chi connectivity index (χ4n) is 3.19. The normalized spacial score (nSPS) is 10.5. The van der Waals surface area contributed by atoms with Gasteiger partial charge >= 0.3 is 6.18 Å². The largest absolute Gasteiger partial charge is 0.497 e. The smallest absolute Gasteiger partial charge is 0.386 e. The highest BCUT2D eigenvalue weighted by Crippen LogP contribution is 2.14. The average molecular weight is 584 g/mol. The van der Waals surface area contributed by atoms with Crippen LogP contribution in [-0.4, -0.2) is 48.7 Å². The summed E-state index contributed by atoms with van der Waals surface area (Å²) in [5.74, 6) is 0.893. The lowest BCUT2D eigenvalue weighted by atomic mass is 10.1. The van der Waals surface area contributed by atoms with Crippen molar-refractivity contribution in [2.75, 3.05) is 20.7 Å². The van der Waals surface area contributed by atoms with Gasteiger partial charge in [0, 0.05) is 57.0 Å². The SMILES string of the molecule is C=C(OC)c1ccc(CN[C@H](CC)CCC(=O)N(C)CC)cc1.CC.CC.CC(F)(F)F.CCc1ncccc1C. The third kappa shape index (κ3) is 23.5. The fraction of sp³-hybridized carbons (Fsp3) is 0.576. The molecule has 0 radical (unpaired) electrons. The van der Waals surface area contributed by atoms with Gasteiger partial charge < -0.3 is 15.0 Å². The van der Waals surface area contributed by atoms with E-state index < -0.39 is 6.18 Å². The van der Waals surface area contributed by atoms with E-state index in [2.05, 4.69) is 55.9 Å². The van der Waals surface area contributed by atoms with E-state index in [0.29, 0.717) is 18.2 Å². The Hall–Kier alpha value is -2.87. The lowest BCUT2D eigenvalue weighted by molar-refractivity contribution is -0.129. The summed E-state index contributed by atoms with van der Waals surface area (Å²) in [4.78, 5) is 17.8. The number of aromatic nitrogens is 1. The van der Waals surface area contributed by atoms with Gasteiger partial charge in [-0.15, -0.1) is 0 Å². The maximum absolute atomic E-state index is 11.9. The Morgan fingerprint density at radius 3 is 2.00 bits per heavy atom. The lowest BCUT2D eigenvalue weighted by Crippen LogP contribution is -2.31. The van der Waals surface area contributed by atoms with Crippen LogP contribution in [-0.2, 0) is 22.5 Å². The number of alkyl halides is 3. The molecular formula is C33H56F3N3O2. The van der Waals surface area contributed by atoms with Crippen molar-refractivity contribution in [1.82, 2.24) is 15.2 Å². The number of methoxy groups -OCH3 is 1. The third-order valence-corrected chi connectivity index (χ3v) is 5.67. The van der Waals surface area contributed by atoms with Crippen LogP contribution in [0.15, 0.2) is 49.2 Å². The van der Waals surface area contributed by atoms with Gasteiger partial charge in [0.2, 0.25) is 5.91 Å². The first-order valence-corrected chi connectivity index (χ1v) is 14.6. The maximum atomic E-state index is 11.9. The van der Waals surface area contributed by atoms with Crippen LogP contribution < -0.4 is 5.32 Å². The zero-order valence-corrected chi connectivity index (χ0v) is 27.4. The molecule has 0 unspecified atom stereocenters. The highest BCUT2D eigenvalue weighted by molar-refractivity contribution is 5.75. The first kappa shape index (κ1) is 42.6. The molecule has 0 aliphatic carbocycles. The topological polar surface area (TPSA) is 54.5 Å². The maximum Gasteiger partial charge on any atom is 0.386 e. The number of carbonyl (C=O) groups excluding carboxylic acids is 1. The first-order valence-electron chi connectivity index (χ1n) is 14.6. The Labute approximate surface area is 248 Å². The van der Waals surface area contributed by atoms with Crippen molar-refractivity contribution in [3.8, 4) is 0 Å². The Balaban J connectivity index is -0.000000654. The number of hydrogen-bond acceptors (Lipinski definition) is 4. The van der Waals surface area contributed by atoms with Crippen LogP contribution in [0.1, 0.15) is 97.0 Å². The number of hydrogen-bond donors (Lipinski definition) is 1. The van der Waals surface area contributed by atoms with Crippen LogP contribution in [0.3, 0.4) is 0 Å². The average Bonchev–Trinajstić information content (AvgIpc) is 2.98. The Kier molecular flexibility index (Phi) is 27.1. The number of amides is 1. The van der Waals surface area contributed by atoms with Crippen molar-refractivity contribution in [3.05, 3.63) is 71.6 Å². The van der Waals surface area contributed by atoms with Gasteiger partial charge in [-0.3, -0.25) is 9.78 Å². The number of carbonyl (C=O) groups is 1. The summed E-state index contributed by atoms with van der Waals surface area (Å²) in [7, 11) is 3.48. The number of pyridine rings is 1. The van der Waals surface area contributed by atoms with Crippen LogP contribution in [0, 0.1) is 6.92 Å². The van der Waals surface area contributed by atoms with E-state index in [4.69, 9.17) is 4.74 Å². The Bertz CT molecular complexity index is 911. The van der Waals surface area contributed by atoms with Gasteiger partial charge in [0.1, 0.15) is 5.76 Å². The second-order valence-corrected chi connectivity index (χ2v) is 8.66. The molecule has 0 aliphatic rings. The minimum Gasteiger partial charge on any atom is -0.497 e. The molecule has 2 rings (SSSR count). The molecule has 1 aromatic carbocycles. The third-order valence-electron chi connectivity index (χ3n) is 5.67. The molecular weight excluding hydrogens is 527 g/mol. The number of benzene rings is 1. The van der Waals surface area contributed by atoms with Crippen LogP contribution in [0.4, 0.5) is 13.2 Å². The molecule has 1 atom stereocenters. The summed E-state index contributed by atoms with van der Waals surface area (Å²) in [6.07, 6.45) is 1.36. The highest BCUT2D eigenvalue weighted by Gasteiger charge is 2.15. The van der Waals surface area contributed by atoms with Crippen LogP contribution >= 0.6 is 0 Å². The monoisotopic (exact) mass is 583 g/mol. The van der Waals surface area contributed by atoms with Gasteiger partial charge in [-0.1, -0.05) is 78.5 Å². The predicted octanol–water partition coefficient (Wildman–Crippen LogP) is 9.00. The van der Waals surface area contributed by atoms with Crippen molar-refractivity contribution < 1.29 is 22.7 Å². The minimum atomic E-state index is -4.00. The molecule has 0 spiro atoms. The number of halogens is 3. The zero-order chi connectivity index (χ0) is 32.4. The molecule has 0 saturated carbocycles. The van der Waals surface area contributed by atoms with Crippen molar-refractivity contribution in [2.24, 2.45) is 0 Å². The molecule has 1 aromatic heterocycles. The van der Waals surface area contributed by atoms with Crippen LogP contribution in [0.25, 0.3) is 5.76 Å². The van der Waals surface area contributed by atoms with Crippen LogP contribution in [0.5, 0.6) is 0 Å². The molecule has 0 aliphatic heterocycles. The van der Waals surface area contributed by atoms with Crippen molar-refractivity contribution in [3.63, 3.8) is 0 Å². The highest BCUT2D eigenvalue weighted by atomic mass is 19.4. The van der Waals surface area contributed by atoms with E-state index in [-0.39, 0.29) is 12.8 Å². The molecule has 1 amide bonds. The number of nitrogens with one attached hydrogen (secondary N) is 1. The van der Waals surface area contributed by atoms with Crippen LogP contribution in [0.2, 0.25) is 0 Å². The number of aryl methyl sites for hydroxylation is 2. The van der Waals surface area contributed by atoms with E-state index in [0.717, 1.165) is 37.9 Å². The second kappa shape index (κ2) is 26.1. The van der Waals surface area contributed by atoms with Gasteiger partial charge in [-0.2, -0.15) is 13.2 Å². The van der Waals surface area contributed by atoms with Gasteiger partial charge in [-0.25, -0.2) is 0 Å². The summed E-state index contributed by atoms with van der Waals surface area (Å²) in [6, 6.07) is 12.6. The molecule has 0 fully saturated rings. The van der Waals surface area contributed by atoms with Crippen molar-refractivity contribution in [2.45, 2.75) is 107 Å². The molecule has 236 valence electrons. The molecule has 1 heterocycles. The summed E-state index contributed by atoms with van der Waals surface area (Å²) in [5, 5.41) is 3.54. The molecule has 1 N–H and O–H groups in total. The van der Waals surface area contributed by atoms with E-state index in [1.807, 2.05) is 66.1 Å². The standard InChI is InChI=1S/C19H30N2O2.C8H11N.C2H3F3.2C2H6/c1-6-18(12-13-19(22)21(4)7-2)20-14-16-8-10-17(11-9-16)15(3)23-5;1-3-8-7(2)5-4-6-9-8;1-2(3,4)5;2*1-2/h8-11,18,20H,3,6-7,12-14H2,1-2,4-5H3;4-6H,3H2,1-2H3;1H3;2*1-2H3/t18-;;;;/m1..../s1. The number of nitrogens with zero attached hydrogens (tertiary/aromatic N) is 2. The predicted molar refractivity (Wildman–Crippen MR) is 169 cm³/mol. The minimum absolute atomic E-state index is 0.188. The van der Waals surface area contributed by atoms with Gasteiger partial charge in [0.25, 0.3) is 0 Å². The second-order valence-electron chi connectivity index (χ2n) is 8.66. The van der Waals surface area contributed by atoms with Gasteiger partial charge in [0.15, 0.2) is 0 Å². The number of ether oxygens (including phenoxy) is 1. The number of rotatable bonds is 11. The zero-order valence-electron chi connectivity index (χ0n) is 27.4. The van der Waals surface area contributed by atoms with Crippen molar-refractivity contribution in [1.29, 1.82) is 0 Å². The van der Waals surface area contributed by atoms with E-state index in [1.54, 1.807) is 12.0 Å². The molecule has 5 nitrogen and oxygen atoms in total. The quantitative estimate of drug-likeness (QED) is 0.268. The summed E-state index contributed by atoms with van der Waals surface area (Å²) < 4.78 is 36.2. The summed E-state index contributed by atoms with van der Waals surface area (Å²) in [6.45, 7) is 22.0. The molecule has 2 aromatic rings. The lowest BCUT2D eigenvalue weighted by Gasteiger charge is -2.19.